The van der Waals surface area contributed by atoms with E-state index in [4.69, 9.17) is 4.74 Å². The summed E-state index contributed by atoms with van der Waals surface area (Å²) in [5.41, 5.74) is 2.08. The highest BCUT2D eigenvalue weighted by Crippen LogP contribution is 2.05. The average molecular weight is 276 g/mol. The van der Waals surface area contributed by atoms with Crippen molar-refractivity contribution in [1.82, 2.24) is 10.6 Å². The Bertz CT molecular complexity index is 484. The molecule has 0 aliphatic rings. The molecule has 0 fully saturated rings. The Hall–Kier alpha value is -2.14. The maximum atomic E-state index is 11.5. The molecule has 0 heterocycles. The molecule has 0 bridgehead atoms. The molecule has 5 nitrogen and oxygen atoms in total. The zero-order valence-electron chi connectivity index (χ0n) is 11.8. The van der Waals surface area contributed by atoms with Crippen molar-refractivity contribution in [2.24, 2.45) is 0 Å². The Morgan fingerprint density at radius 1 is 1.30 bits per heavy atom. The molecule has 108 valence electrons. The largest absolute Gasteiger partial charge is 0.383 e. The Balaban J connectivity index is 2.31. The number of ether oxygens (including phenoxy) is 1. The lowest BCUT2D eigenvalue weighted by atomic mass is 10.1. The number of methoxy groups -OCH3 is 1. The molecule has 0 saturated heterocycles. The molecule has 2 N–H and O–H groups in total. The molecule has 5 heteroatoms. The SMILES string of the molecule is COCCNC(=O)CNC(=O)/C=C/c1cccc(C)c1. The maximum absolute atomic E-state index is 11.5. The third-order valence-electron chi connectivity index (χ3n) is 2.52. The van der Waals surface area contributed by atoms with E-state index in [2.05, 4.69) is 10.6 Å². The van der Waals surface area contributed by atoms with E-state index >= 15 is 0 Å². The van der Waals surface area contributed by atoms with Crippen LogP contribution in [0.25, 0.3) is 6.08 Å². The maximum Gasteiger partial charge on any atom is 0.244 e. The molecule has 2 amide bonds. The van der Waals surface area contributed by atoms with Crippen LogP contribution in [0.5, 0.6) is 0 Å². The molecule has 0 atom stereocenters. The Labute approximate surface area is 119 Å². The molecule has 0 unspecified atom stereocenters. The second kappa shape index (κ2) is 8.87. The van der Waals surface area contributed by atoms with Crippen LogP contribution in [0.2, 0.25) is 0 Å². The van der Waals surface area contributed by atoms with Crippen molar-refractivity contribution in [3.8, 4) is 0 Å². The number of hydrogen-bond donors (Lipinski definition) is 2. The van der Waals surface area contributed by atoms with E-state index in [0.29, 0.717) is 13.2 Å². The van der Waals surface area contributed by atoms with Crippen LogP contribution in [0, 0.1) is 6.92 Å². The van der Waals surface area contributed by atoms with Gasteiger partial charge in [0, 0.05) is 19.7 Å². The number of carbonyl (C=O) groups is 2. The first-order chi connectivity index (χ1) is 9.61. The molecule has 0 aliphatic carbocycles. The van der Waals surface area contributed by atoms with Crippen LogP contribution >= 0.6 is 0 Å². The van der Waals surface area contributed by atoms with E-state index in [0.717, 1.165) is 11.1 Å². The first-order valence-corrected chi connectivity index (χ1v) is 6.40. The van der Waals surface area contributed by atoms with Crippen molar-refractivity contribution in [3.05, 3.63) is 41.5 Å². The topological polar surface area (TPSA) is 67.4 Å². The van der Waals surface area contributed by atoms with Gasteiger partial charge in [-0.3, -0.25) is 9.59 Å². The highest BCUT2D eigenvalue weighted by molar-refractivity contribution is 5.94. The number of amides is 2. The summed E-state index contributed by atoms with van der Waals surface area (Å²) in [6.45, 7) is 2.83. The molecule has 1 rings (SSSR count). The van der Waals surface area contributed by atoms with E-state index in [-0.39, 0.29) is 18.4 Å². The van der Waals surface area contributed by atoms with Crippen LogP contribution in [-0.4, -0.2) is 38.6 Å². The summed E-state index contributed by atoms with van der Waals surface area (Å²) in [6.07, 6.45) is 3.13. The highest BCUT2D eigenvalue weighted by Gasteiger charge is 2.02. The number of nitrogens with one attached hydrogen (secondary N) is 2. The summed E-state index contributed by atoms with van der Waals surface area (Å²) in [6, 6.07) is 7.80. The molecule has 0 spiro atoms. The zero-order chi connectivity index (χ0) is 14.8. The lowest BCUT2D eigenvalue weighted by Crippen LogP contribution is -2.37. The second-order valence-electron chi connectivity index (χ2n) is 4.31. The number of carbonyl (C=O) groups excluding carboxylic acids is 2. The van der Waals surface area contributed by atoms with Crippen LogP contribution in [-0.2, 0) is 14.3 Å². The highest BCUT2D eigenvalue weighted by atomic mass is 16.5. The lowest BCUT2D eigenvalue weighted by molar-refractivity contribution is -0.124. The van der Waals surface area contributed by atoms with Crippen molar-refractivity contribution < 1.29 is 14.3 Å². The van der Waals surface area contributed by atoms with Gasteiger partial charge in [-0.15, -0.1) is 0 Å². The van der Waals surface area contributed by atoms with E-state index in [9.17, 15) is 9.59 Å². The quantitative estimate of drug-likeness (QED) is 0.574. The van der Waals surface area contributed by atoms with Gasteiger partial charge in [-0.1, -0.05) is 29.8 Å². The Morgan fingerprint density at radius 2 is 2.10 bits per heavy atom. The zero-order valence-corrected chi connectivity index (χ0v) is 11.8. The van der Waals surface area contributed by atoms with Gasteiger partial charge < -0.3 is 15.4 Å². The molecule has 0 saturated carbocycles. The number of benzene rings is 1. The van der Waals surface area contributed by atoms with Crippen molar-refractivity contribution in [2.45, 2.75) is 6.92 Å². The molecule has 0 aromatic heterocycles. The van der Waals surface area contributed by atoms with Crippen molar-refractivity contribution in [3.63, 3.8) is 0 Å². The fraction of sp³-hybridized carbons (Fsp3) is 0.333. The van der Waals surface area contributed by atoms with Gasteiger partial charge in [0.2, 0.25) is 11.8 Å². The van der Waals surface area contributed by atoms with Crippen LogP contribution in [0.4, 0.5) is 0 Å². The minimum Gasteiger partial charge on any atom is -0.383 e. The lowest BCUT2D eigenvalue weighted by Gasteiger charge is -2.04. The van der Waals surface area contributed by atoms with Gasteiger partial charge in [0.1, 0.15) is 0 Å². The second-order valence-corrected chi connectivity index (χ2v) is 4.31. The van der Waals surface area contributed by atoms with Crippen LogP contribution in [0.15, 0.2) is 30.3 Å². The van der Waals surface area contributed by atoms with E-state index < -0.39 is 0 Å². The Morgan fingerprint density at radius 3 is 2.80 bits per heavy atom. The normalized spacial score (nSPS) is 10.5. The van der Waals surface area contributed by atoms with E-state index in [1.54, 1.807) is 13.2 Å². The molecular formula is C15H20N2O3. The van der Waals surface area contributed by atoms with Crippen molar-refractivity contribution in [1.29, 1.82) is 0 Å². The van der Waals surface area contributed by atoms with Gasteiger partial charge >= 0.3 is 0 Å². The summed E-state index contributed by atoms with van der Waals surface area (Å²) in [7, 11) is 1.56. The van der Waals surface area contributed by atoms with Gasteiger partial charge in [0.25, 0.3) is 0 Å². The predicted molar refractivity (Wildman–Crippen MR) is 78.1 cm³/mol. The van der Waals surface area contributed by atoms with Gasteiger partial charge in [0.15, 0.2) is 0 Å². The number of rotatable bonds is 7. The summed E-state index contributed by atoms with van der Waals surface area (Å²) >= 11 is 0. The molecular weight excluding hydrogens is 256 g/mol. The molecule has 20 heavy (non-hydrogen) atoms. The van der Waals surface area contributed by atoms with Crippen LogP contribution in [0.3, 0.4) is 0 Å². The number of hydrogen-bond acceptors (Lipinski definition) is 3. The third-order valence-corrected chi connectivity index (χ3v) is 2.52. The van der Waals surface area contributed by atoms with E-state index in [1.165, 1.54) is 6.08 Å². The molecule has 1 aromatic rings. The fourth-order valence-corrected chi connectivity index (χ4v) is 1.53. The van der Waals surface area contributed by atoms with Crippen molar-refractivity contribution in [2.75, 3.05) is 26.8 Å². The summed E-state index contributed by atoms with van der Waals surface area (Å²) in [5.74, 6) is -0.534. The van der Waals surface area contributed by atoms with Crippen molar-refractivity contribution >= 4 is 17.9 Å². The third kappa shape index (κ3) is 6.70. The van der Waals surface area contributed by atoms with Gasteiger partial charge in [-0.25, -0.2) is 0 Å². The monoisotopic (exact) mass is 276 g/mol. The molecule has 1 aromatic carbocycles. The summed E-state index contributed by atoms with van der Waals surface area (Å²) < 4.78 is 4.80. The molecule has 0 radical (unpaired) electrons. The first-order valence-electron chi connectivity index (χ1n) is 6.40. The minimum absolute atomic E-state index is 0.0410. The standard InChI is InChI=1S/C15H20N2O3/c1-12-4-3-5-13(10-12)6-7-14(18)17-11-15(19)16-8-9-20-2/h3-7,10H,8-9,11H2,1-2H3,(H,16,19)(H,17,18)/b7-6+. The predicted octanol–water partition coefficient (Wildman–Crippen LogP) is 0.887. The minimum atomic E-state index is -0.298. The smallest absolute Gasteiger partial charge is 0.244 e. The van der Waals surface area contributed by atoms with Gasteiger partial charge in [-0.05, 0) is 18.6 Å². The summed E-state index contributed by atoms with van der Waals surface area (Å²) in [4.78, 5) is 22.9. The fourth-order valence-electron chi connectivity index (χ4n) is 1.53. The van der Waals surface area contributed by atoms with Crippen LogP contribution < -0.4 is 10.6 Å². The Kier molecular flexibility index (Phi) is 7.06. The first kappa shape index (κ1) is 15.9. The van der Waals surface area contributed by atoms with Gasteiger partial charge in [0.05, 0.1) is 13.2 Å². The average Bonchev–Trinajstić information content (AvgIpc) is 2.43. The summed E-state index contributed by atoms with van der Waals surface area (Å²) in [5, 5.41) is 5.13. The number of aryl methyl sites for hydroxylation is 1. The van der Waals surface area contributed by atoms with Gasteiger partial charge in [-0.2, -0.15) is 0 Å². The van der Waals surface area contributed by atoms with E-state index in [1.807, 2.05) is 31.2 Å². The molecule has 0 aliphatic heterocycles. The van der Waals surface area contributed by atoms with Crippen LogP contribution in [0.1, 0.15) is 11.1 Å².